The summed E-state index contributed by atoms with van der Waals surface area (Å²) < 4.78 is 3.34. The Labute approximate surface area is 122 Å². The lowest BCUT2D eigenvalue weighted by atomic mass is 9.99. The standard InChI is InChI=1S/C15H18BrN3/c1-19-14(11-4-6-13(16)7-5-11)10-18-15(19)12-3-2-8-17-9-12/h4-7,10,12,17H,2-3,8-9H2,1H3. The van der Waals surface area contributed by atoms with E-state index in [0.717, 1.165) is 17.6 Å². The number of benzene rings is 1. The third kappa shape index (κ3) is 2.60. The number of nitrogens with one attached hydrogen (secondary N) is 1. The van der Waals surface area contributed by atoms with E-state index in [1.807, 2.05) is 6.20 Å². The van der Waals surface area contributed by atoms with Crippen LogP contribution in [0.5, 0.6) is 0 Å². The van der Waals surface area contributed by atoms with Gasteiger partial charge in [0.05, 0.1) is 11.9 Å². The molecule has 0 aliphatic carbocycles. The minimum Gasteiger partial charge on any atom is -0.331 e. The molecule has 0 spiro atoms. The van der Waals surface area contributed by atoms with Crippen molar-refractivity contribution in [3.05, 3.63) is 40.8 Å². The average molecular weight is 320 g/mol. The molecule has 19 heavy (non-hydrogen) atoms. The highest BCUT2D eigenvalue weighted by atomic mass is 79.9. The van der Waals surface area contributed by atoms with Gasteiger partial charge >= 0.3 is 0 Å². The van der Waals surface area contributed by atoms with E-state index in [2.05, 4.69) is 62.1 Å². The van der Waals surface area contributed by atoms with Crippen LogP contribution in [0.25, 0.3) is 11.3 Å². The second-order valence-corrected chi connectivity index (χ2v) is 6.03. The summed E-state index contributed by atoms with van der Waals surface area (Å²) in [6.45, 7) is 2.19. The maximum atomic E-state index is 4.65. The SMILES string of the molecule is Cn1c(-c2ccc(Br)cc2)cnc1C1CCCNC1. The highest BCUT2D eigenvalue weighted by Crippen LogP contribution is 2.27. The maximum Gasteiger partial charge on any atom is 0.113 e. The van der Waals surface area contributed by atoms with Crippen molar-refractivity contribution in [3.8, 4) is 11.3 Å². The third-order valence-electron chi connectivity index (χ3n) is 3.83. The molecule has 3 rings (SSSR count). The highest BCUT2D eigenvalue weighted by molar-refractivity contribution is 9.10. The van der Waals surface area contributed by atoms with Gasteiger partial charge in [0.2, 0.25) is 0 Å². The van der Waals surface area contributed by atoms with Crippen LogP contribution < -0.4 is 5.32 Å². The van der Waals surface area contributed by atoms with E-state index in [1.54, 1.807) is 0 Å². The fourth-order valence-electron chi connectivity index (χ4n) is 2.76. The smallest absolute Gasteiger partial charge is 0.113 e. The van der Waals surface area contributed by atoms with E-state index in [4.69, 9.17) is 0 Å². The van der Waals surface area contributed by atoms with Gasteiger partial charge in [-0.1, -0.05) is 28.1 Å². The molecular weight excluding hydrogens is 302 g/mol. The number of rotatable bonds is 2. The number of hydrogen-bond acceptors (Lipinski definition) is 2. The molecule has 0 saturated carbocycles. The van der Waals surface area contributed by atoms with Gasteiger partial charge in [0.15, 0.2) is 0 Å². The van der Waals surface area contributed by atoms with Gasteiger partial charge in [0.1, 0.15) is 5.82 Å². The summed E-state index contributed by atoms with van der Waals surface area (Å²) >= 11 is 3.47. The molecule has 4 heteroatoms. The van der Waals surface area contributed by atoms with Gasteiger partial charge in [0, 0.05) is 24.0 Å². The Morgan fingerprint density at radius 2 is 2.11 bits per heavy atom. The van der Waals surface area contributed by atoms with E-state index < -0.39 is 0 Å². The van der Waals surface area contributed by atoms with Crippen molar-refractivity contribution in [1.29, 1.82) is 0 Å². The zero-order valence-corrected chi connectivity index (χ0v) is 12.7. The quantitative estimate of drug-likeness (QED) is 0.920. The van der Waals surface area contributed by atoms with Gasteiger partial charge in [-0.25, -0.2) is 4.98 Å². The Balaban J connectivity index is 1.91. The predicted molar refractivity (Wildman–Crippen MR) is 81.2 cm³/mol. The maximum absolute atomic E-state index is 4.65. The van der Waals surface area contributed by atoms with Crippen LogP contribution in [0.15, 0.2) is 34.9 Å². The van der Waals surface area contributed by atoms with E-state index >= 15 is 0 Å². The van der Waals surface area contributed by atoms with Crippen LogP contribution in [0.3, 0.4) is 0 Å². The lowest BCUT2D eigenvalue weighted by molar-refractivity contribution is 0.439. The number of piperidine rings is 1. The molecule has 0 bridgehead atoms. The van der Waals surface area contributed by atoms with Crippen LogP contribution in [0, 0.1) is 0 Å². The third-order valence-corrected chi connectivity index (χ3v) is 4.35. The first kappa shape index (κ1) is 12.9. The predicted octanol–water partition coefficient (Wildman–Crippen LogP) is 3.32. The van der Waals surface area contributed by atoms with Crippen molar-refractivity contribution in [2.75, 3.05) is 13.1 Å². The molecule has 2 heterocycles. The fourth-order valence-corrected chi connectivity index (χ4v) is 3.03. The second kappa shape index (κ2) is 5.47. The van der Waals surface area contributed by atoms with Crippen LogP contribution in [0.2, 0.25) is 0 Å². The molecule has 1 atom stereocenters. The Bertz CT molecular complexity index is 553. The number of halogens is 1. The molecule has 1 N–H and O–H groups in total. The molecule has 0 radical (unpaired) electrons. The normalized spacial score (nSPS) is 19.6. The molecule has 1 aliphatic rings. The topological polar surface area (TPSA) is 29.9 Å². The Morgan fingerprint density at radius 1 is 1.32 bits per heavy atom. The monoisotopic (exact) mass is 319 g/mol. The lowest BCUT2D eigenvalue weighted by Crippen LogP contribution is -2.29. The summed E-state index contributed by atoms with van der Waals surface area (Å²) in [6.07, 6.45) is 4.47. The largest absolute Gasteiger partial charge is 0.331 e. The zero-order chi connectivity index (χ0) is 13.2. The van der Waals surface area contributed by atoms with Gasteiger partial charge in [-0.3, -0.25) is 0 Å². The first-order chi connectivity index (χ1) is 9.25. The molecule has 2 aromatic rings. The summed E-state index contributed by atoms with van der Waals surface area (Å²) in [5, 5.41) is 3.46. The van der Waals surface area contributed by atoms with E-state index in [9.17, 15) is 0 Å². The van der Waals surface area contributed by atoms with Crippen molar-refractivity contribution in [2.24, 2.45) is 7.05 Å². The number of imidazole rings is 1. The van der Waals surface area contributed by atoms with Crippen LogP contribution in [-0.4, -0.2) is 22.6 Å². The molecule has 100 valence electrons. The molecule has 1 aliphatic heterocycles. The summed E-state index contributed by atoms with van der Waals surface area (Å²) in [4.78, 5) is 4.65. The average Bonchev–Trinajstić information content (AvgIpc) is 2.83. The minimum absolute atomic E-state index is 0.544. The summed E-state index contributed by atoms with van der Waals surface area (Å²) in [7, 11) is 2.12. The first-order valence-corrected chi connectivity index (χ1v) is 7.53. The lowest BCUT2D eigenvalue weighted by Gasteiger charge is -2.22. The van der Waals surface area contributed by atoms with Gasteiger partial charge in [-0.2, -0.15) is 0 Å². The van der Waals surface area contributed by atoms with E-state index in [1.165, 1.54) is 29.9 Å². The van der Waals surface area contributed by atoms with Crippen molar-refractivity contribution in [2.45, 2.75) is 18.8 Å². The Morgan fingerprint density at radius 3 is 2.79 bits per heavy atom. The van der Waals surface area contributed by atoms with Crippen molar-refractivity contribution in [3.63, 3.8) is 0 Å². The summed E-state index contributed by atoms with van der Waals surface area (Å²) in [6, 6.07) is 8.41. The molecule has 1 aromatic heterocycles. The number of nitrogens with zero attached hydrogens (tertiary/aromatic N) is 2. The van der Waals surface area contributed by atoms with Gasteiger partial charge < -0.3 is 9.88 Å². The van der Waals surface area contributed by atoms with Crippen LogP contribution in [0.4, 0.5) is 0 Å². The minimum atomic E-state index is 0.544. The summed E-state index contributed by atoms with van der Waals surface area (Å²) in [5.41, 5.74) is 2.40. The van der Waals surface area contributed by atoms with Crippen molar-refractivity contribution < 1.29 is 0 Å². The van der Waals surface area contributed by atoms with E-state index in [0.29, 0.717) is 5.92 Å². The van der Waals surface area contributed by atoms with Crippen molar-refractivity contribution in [1.82, 2.24) is 14.9 Å². The van der Waals surface area contributed by atoms with E-state index in [-0.39, 0.29) is 0 Å². The number of hydrogen-bond donors (Lipinski definition) is 1. The van der Waals surface area contributed by atoms with Crippen LogP contribution in [-0.2, 0) is 7.05 Å². The molecule has 1 fully saturated rings. The van der Waals surface area contributed by atoms with Gasteiger partial charge in [0.25, 0.3) is 0 Å². The second-order valence-electron chi connectivity index (χ2n) is 5.11. The number of aromatic nitrogens is 2. The summed E-state index contributed by atoms with van der Waals surface area (Å²) in [5.74, 6) is 1.74. The first-order valence-electron chi connectivity index (χ1n) is 6.74. The van der Waals surface area contributed by atoms with Crippen molar-refractivity contribution >= 4 is 15.9 Å². The Hall–Kier alpha value is -1.13. The molecule has 1 saturated heterocycles. The Kier molecular flexibility index (Phi) is 3.71. The molecule has 1 aromatic carbocycles. The molecule has 1 unspecified atom stereocenters. The van der Waals surface area contributed by atoms with Gasteiger partial charge in [-0.05, 0) is 37.1 Å². The highest BCUT2D eigenvalue weighted by Gasteiger charge is 2.20. The van der Waals surface area contributed by atoms with Crippen LogP contribution >= 0.6 is 15.9 Å². The van der Waals surface area contributed by atoms with Gasteiger partial charge in [-0.15, -0.1) is 0 Å². The molecular formula is C15H18BrN3. The van der Waals surface area contributed by atoms with Crippen LogP contribution in [0.1, 0.15) is 24.6 Å². The molecule has 0 amide bonds. The molecule has 3 nitrogen and oxygen atoms in total. The zero-order valence-electron chi connectivity index (χ0n) is 11.1. The fraction of sp³-hybridized carbons (Fsp3) is 0.400.